The maximum absolute atomic E-state index is 12.1. The summed E-state index contributed by atoms with van der Waals surface area (Å²) in [5.74, 6) is 0.0952. The summed E-state index contributed by atoms with van der Waals surface area (Å²) in [7, 11) is 1.86. The van der Waals surface area contributed by atoms with Crippen LogP contribution in [-0.4, -0.2) is 24.4 Å². The standard InChI is InChI=1S/C13H18BrNO/c1-4-5-6-15(3)13(16)11-7-10(2)8-12(14)9-11/h7-9H,4-6H2,1-3H3. The molecule has 1 rings (SSSR count). The van der Waals surface area contributed by atoms with Crippen molar-refractivity contribution in [1.29, 1.82) is 0 Å². The van der Waals surface area contributed by atoms with E-state index in [0.717, 1.165) is 35.0 Å². The first-order valence-corrected chi connectivity index (χ1v) is 6.36. The number of carbonyl (C=O) groups excluding carboxylic acids is 1. The van der Waals surface area contributed by atoms with E-state index < -0.39 is 0 Å². The Balaban J connectivity index is 2.79. The molecule has 0 aromatic heterocycles. The number of carbonyl (C=O) groups is 1. The number of halogens is 1. The summed E-state index contributed by atoms with van der Waals surface area (Å²) in [5, 5.41) is 0. The molecule has 0 atom stereocenters. The molecule has 0 radical (unpaired) electrons. The van der Waals surface area contributed by atoms with Crippen molar-refractivity contribution in [3.63, 3.8) is 0 Å². The van der Waals surface area contributed by atoms with E-state index in [4.69, 9.17) is 0 Å². The lowest BCUT2D eigenvalue weighted by molar-refractivity contribution is 0.0793. The van der Waals surface area contributed by atoms with Gasteiger partial charge in [0, 0.05) is 23.6 Å². The van der Waals surface area contributed by atoms with E-state index in [9.17, 15) is 4.79 Å². The fourth-order valence-corrected chi connectivity index (χ4v) is 2.18. The molecule has 0 aliphatic rings. The summed E-state index contributed by atoms with van der Waals surface area (Å²) in [6, 6.07) is 5.80. The van der Waals surface area contributed by atoms with Crippen molar-refractivity contribution in [2.24, 2.45) is 0 Å². The molecule has 88 valence electrons. The number of unbranched alkanes of at least 4 members (excludes halogenated alkanes) is 1. The first kappa shape index (κ1) is 13.2. The minimum Gasteiger partial charge on any atom is -0.342 e. The van der Waals surface area contributed by atoms with Crippen molar-refractivity contribution < 1.29 is 4.79 Å². The van der Waals surface area contributed by atoms with Crippen LogP contribution in [0.2, 0.25) is 0 Å². The summed E-state index contributed by atoms with van der Waals surface area (Å²) in [6.07, 6.45) is 2.16. The molecule has 3 heteroatoms. The minimum absolute atomic E-state index is 0.0952. The lowest BCUT2D eigenvalue weighted by Crippen LogP contribution is -2.27. The molecule has 0 fully saturated rings. The van der Waals surface area contributed by atoms with Gasteiger partial charge in [-0.05, 0) is 37.1 Å². The van der Waals surface area contributed by atoms with Crippen molar-refractivity contribution in [2.75, 3.05) is 13.6 Å². The molecule has 0 spiro atoms. The fraction of sp³-hybridized carbons (Fsp3) is 0.462. The quantitative estimate of drug-likeness (QED) is 0.826. The molecule has 0 unspecified atom stereocenters. The van der Waals surface area contributed by atoms with Gasteiger partial charge in [0.25, 0.3) is 5.91 Å². The lowest BCUT2D eigenvalue weighted by atomic mass is 10.1. The Morgan fingerprint density at radius 2 is 2.06 bits per heavy atom. The molecule has 0 saturated heterocycles. The van der Waals surface area contributed by atoms with E-state index in [0.29, 0.717) is 0 Å². The molecule has 2 nitrogen and oxygen atoms in total. The highest BCUT2D eigenvalue weighted by atomic mass is 79.9. The van der Waals surface area contributed by atoms with E-state index in [2.05, 4.69) is 22.9 Å². The minimum atomic E-state index is 0.0952. The molecule has 16 heavy (non-hydrogen) atoms. The van der Waals surface area contributed by atoms with Crippen LogP contribution in [0.25, 0.3) is 0 Å². The number of nitrogens with zero attached hydrogens (tertiary/aromatic N) is 1. The van der Waals surface area contributed by atoms with Gasteiger partial charge in [0.1, 0.15) is 0 Å². The predicted molar refractivity (Wildman–Crippen MR) is 70.7 cm³/mol. The zero-order valence-electron chi connectivity index (χ0n) is 10.1. The smallest absolute Gasteiger partial charge is 0.253 e. The van der Waals surface area contributed by atoms with E-state index in [1.54, 1.807) is 4.90 Å². The second kappa shape index (κ2) is 6.04. The van der Waals surface area contributed by atoms with Gasteiger partial charge in [-0.3, -0.25) is 4.79 Å². The van der Waals surface area contributed by atoms with E-state index in [-0.39, 0.29) is 5.91 Å². The number of aryl methyl sites for hydroxylation is 1. The van der Waals surface area contributed by atoms with Crippen molar-refractivity contribution in [3.05, 3.63) is 33.8 Å². The van der Waals surface area contributed by atoms with Crippen molar-refractivity contribution in [3.8, 4) is 0 Å². The van der Waals surface area contributed by atoms with Crippen LogP contribution in [0.15, 0.2) is 22.7 Å². The molecule has 0 heterocycles. The summed E-state index contributed by atoms with van der Waals surface area (Å²) in [5.41, 5.74) is 1.85. The van der Waals surface area contributed by atoms with Gasteiger partial charge < -0.3 is 4.90 Å². The molecular weight excluding hydrogens is 266 g/mol. The van der Waals surface area contributed by atoms with Gasteiger partial charge in [0.2, 0.25) is 0 Å². The number of hydrogen-bond donors (Lipinski definition) is 0. The second-order valence-electron chi connectivity index (χ2n) is 4.10. The highest BCUT2D eigenvalue weighted by Gasteiger charge is 2.11. The van der Waals surface area contributed by atoms with Crippen LogP contribution in [-0.2, 0) is 0 Å². The second-order valence-corrected chi connectivity index (χ2v) is 5.01. The Bertz CT molecular complexity index is 356. The Hall–Kier alpha value is -0.830. The Labute approximate surface area is 106 Å². The van der Waals surface area contributed by atoms with Crippen LogP contribution in [0.1, 0.15) is 35.7 Å². The normalized spacial score (nSPS) is 10.2. The number of amides is 1. The third-order valence-corrected chi connectivity index (χ3v) is 2.94. The molecule has 1 aromatic rings. The van der Waals surface area contributed by atoms with E-state index in [1.807, 2.05) is 32.2 Å². The summed E-state index contributed by atoms with van der Waals surface area (Å²) in [4.78, 5) is 13.8. The van der Waals surface area contributed by atoms with Gasteiger partial charge in [0.15, 0.2) is 0 Å². The maximum atomic E-state index is 12.1. The summed E-state index contributed by atoms with van der Waals surface area (Å²) < 4.78 is 0.958. The van der Waals surface area contributed by atoms with Crippen LogP contribution >= 0.6 is 15.9 Å². The molecule has 1 aromatic carbocycles. The zero-order chi connectivity index (χ0) is 12.1. The molecular formula is C13H18BrNO. The largest absolute Gasteiger partial charge is 0.342 e. The van der Waals surface area contributed by atoms with Crippen LogP contribution in [0.5, 0.6) is 0 Å². The SMILES string of the molecule is CCCCN(C)C(=O)c1cc(C)cc(Br)c1. The van der Waals surface area contributed by atoms with Gasteiger partial charge in [-0.25, -0.2) is 0 Å². The monoisotopic (exact) mass is 283 g/mol. The third kappa shape index (κ3) is 3.63. The zero-order valence-corrected chi connectivity index (χ0v) is 11.7. The molecule has 0 bridgehead atoms. The highest BCUT2D eigenvalue weighted by molar-refractivity contribution is 9.10. The molecule has 0 N–H and O–H groups in total. The van der Waals surface area contributed by atoms with Crippen LogP contribution in [0, 0.1) is 6.92 Å². The Kier molecular flexibility index (Phi) is 5.00. The van der Waals surface area contributed by atoms with E-state index >= 15 is 0 Å². The van der Waals surface area contributed by atoms with Crippen molar-refractivity contribution in [1.82, 2.24) is 4.90 Å². The first-order chi connectivity index (χ1) is 7.54. The highest BCUT2D eigenvalue weighted by Crippen LogP contribution is 2.16. The van der Waals surface area contributed by atoms with Gasteiger partial charge in [-0.15, -0.1) is 0 Å². The first-order valence-electron chi connectivity index (χ1n) is 5.57. The number of benzene rings is 1. The summed E-state index contributed by atoms with van der Waals surface area (Å²) in [6.45, 7) is 4.94. The maximum Gasteiger partial charge on any atom is 0.253 e. The van der Waals surface area contributed by atoms with Crippen LogP contribution < -0.4 is 0 Å². The number of rotatable bonds is 4. The van der Waals surface area contributed by atoms with Gasteiger partial charge in [-0.2, -0.15) is 0 Å². The lowest BCUT2D eigenvalue weighted by Gasteiger charge is -2.17. The number of hydrogen-bond acceptors (Lipinski definition) is 1. The van der Waals surface area contributed by atoms with Gasteiger partial charge >= 0.3 is 0 Å². The Morgan fingerprint density at radius 1 is 1.38 bits per heavy atom. The summed E-state index contributed by atoms with van der Waals surface area (Å²) >= 11 is 3.41. The predicted octanol–water partition coefficient (Wildman–Crippen LogP) is 3.63. The fourth-order valence-electron chi connectivity index (χ4n) is 1.58. The average Bonchev–Trinajstić information content (AvgIpc) is 2.23. The van der Waals surface area contributed by atoms with E-state index in [1.165, 1.54) is 0 Å². The molecule has 0 aliphatic carbocycles. The Morgan fingerprint density at radius 3 is 2.62 bits per heavy atom. The third-order valence-electron chi connectivity index (χ3n) is 2.48. The molecule has 0 aliphatic heterocycles. The van der Waals surface area contributed by atoms with Crippen molar-refractivity contribution in [2.45, 2.75) is 26.7 Å². The van der Waals surface area contributed by atoms with Crippen LogP contribution in [0.3, 0.4) is 0 Å². The molecule has 1 amide bonds. The molecule has 0 saturated carbocycles. The topological polar surface area (TPSA) is 20.3 Å². The average molecular weight is 284 g/mol. The van der Waals surface area contributed by atoms with Gasteiger partial charge in [0.05, 0.1) is 0 Å². The van der Waals surface area contributed by atoms with Crippen LogP contribution in [0.4, 0.5) is 0 Å². The van der Waals surface area contributed by atoms with Gasteiger partial charge in [-0.1, -0.05) is 29.3 Å². The van der Waals surface area contributed by atoms with Crippen molar-refractivity contribution >= 4 is 21.8 Å².